The minimum absolute atomic E-state index is 0.240. The third-order valence-corrected chi connectivity index (χ3v) is 3.88. The first-order valence-electron chi connectivity index (χ1n) is 7.74. The van der Waals surface area contributed by atoms with Crippen molar-refractivity contribution in [2.24, 2.45) is 11.7 Å². The third kappa shape index (κ3) is 5.90. The molecule has 0 radical (unpaired) electrons. The van der Waals surface area contributed by atoms with Crippen LogP contribution < -0.4 is 5.73 Å². The van der Waals surface area contributed by atoms with Crippen molar-refractivity contribution >= 4 is 5.97 Å². The normalized spacial score (nSPS) is 17.8. The molecule has 0 aromatic carbocycles. The SMILES string of the molecule is CCOC(=O)C(N)(CN(CCCOC)CCOC)C1CC1. The van der Waals surface area contributed by atoms with Crippen molar-refractivity contribution in [2.75, 3.05) is 53.7 Å². The summed E-state index contributed by atoms with van der Waals surface area (Å²) in [6, 6.07) is 0. The Morgan fingerprint density at radius 1 is 1.24 bits per heavy atom. The monoisotopic (exact) mass is 302 g/mol. The molecule has 0 aromatic heterocycles. The number of nitrogens with zero attached hydrogens (tertiary/aromatic N) is 1. The zero-order valence-electron chi connectivity index (χ0n) is 13.6. The van der Waals surface area contributed by atoms with Crippen molar-refractivity contribution in [3.05, 3.63) is 0 Å². The molecule has 1 aliphatic rings. The Kier molecular flexibility index (Phi) is 8.18. The van der Waals surface area contributed by atoms with Gasteiger partial charge in [-0.15, -0.1) is 0 Å². The highest BCUT2D eigenvalue weighted by Crippen LogP contribution is 2.39. The van der Waals surface area contributed by atoms with E-state index in [4.69, 9.17) is 19.9 Å². The second-order valence-corrected chi connectivity index (χ2v) is 5.65. The van der Waals surface area contributed by atoms with E-state index in [-0.39, 0.29) is 11.9 Å². The molecular formula is C15H30N2O4. The van der Waals surface area contributed by atoms with Crippen LogP contribution in [0.3, 0.4) is 0 Å². The predicted octanol–water partition coefficient (Wildman–Crippen LogP) is 0.642. The van der Waals surface area contributed by atoms with Crippen molar-refractivity contribution in [3.8, 4) is 0 Å². The van der Waals surface area contributed by atoms with Gasteiger partial charge in [-0.25, -0.2) is 4.79 Å². The van der Waals surface area contributed by atoms with E-state index in [0.717, 1.165) is 32.4 Å². The van der Waals surface area contributed by atoms with Crippen molar-refractivity contribution < 1.29 is 19.0 Å². The van der Waals surface area contributed by atoms with Crippen LogP contribution in [0.2, 0.25) is 0 Å². The van der Waals surface area contributed by atoms with Crippen LogP contribution in [0.1, 0.15) is 26.2 Å². The smallest absolute Gasteiger partial charge is 0.327 e. The summed E-state index contributed by atoms with van der Waals surface area (Å²) in [5.41, 5.74) is 5.53. The molecule has 1 unspecified atom stereocenters. The van der Waals surface area contributed by atoms with Crippen molar-refractivity contribution in [1.29, 1.82) is 0 Å². The molecule has 0 bridgehead atoms. The van der Waals surface area contributed by atoms with E-state index in [0.29, 0.717) is 26.4 Å². The number of hydrogen-bond acceptors (Lipinski definition) is 6. The van der Waals surface area contributed by atoms with Crippen molar-refractivity contribution in [2.45, 2.75) is 31.7 Å². The first-order valence-corrected chi connectivity index (χ1v) is 7.74. The van der Waals surface area contributed by atoms with Gasteiger partial charge in [0.1, 0.15) is 5.54 Å². The van der Waals surface area contributed by atoms with E-state index < -0.39 is 5.54 Å². The van der Waals surface area contributed by atoms with Crippen LogP contribution in [0.15, 0.2) is 0 Å². The van der Waals surface area contributed by atoms with Gasteiger partial charge in [0.15, 0.2) is 0 Å². The second-order valence-electron chi connectivity index (χ2n) is 5.65. The molecule has 0 amide bonds. The number of ether oxygens (including phenoxy) is 3. The molecule has 0 aliphatic heterocycles. The van der Waals surface area contributed by atoms with Crippen LogP contribution in [0.5, 0.6) is 0 Å². The zero-order valence-corrected chi connectivity index (χ0v) is 13.6. The fourth-order valence-electron chi connectivity index (χ4n) is 2.52. The first-order chi connectivity index (χ1) is 10.1. The van der Waals surface area contributed by atoms with Crippen LogP contribution in [-0.4, -0.2) is 70.1 Å². The third-order valence-electron chi connectivity index (χ3n) is 3.88. The highest BCUT2D eigenvalue weighted by molar-refractivity contribution is 5.82. The summed E-state index contributed by atoms with van der Waals surface area (Å²) in [6.45, 7) is 5.61. The summed E-state index contributed by atoms with van der Waals surface area (Å²) in [5, 5.41) is 0. The Bertz CT molecular complexity index is 310. The van der Waals surface area contributed by atoms with Crippen LogP contribution in [0.25, 0.3) is 0 Å². The van der Waals surface area contributed by atoms with Gasteiger partial charge in [-0.1, -0.05) is 0 Å². The maximum absolute atomic E-state index is 12.3. The van der Waals surface area contributed by atoms with Crippen LogP contribution >= 0.6 is 0 Å². The Morgan fingerprint density at radius 2 is 1.90 bits per heavy atom. The number of carbonyl (C=O) groups is 1. The average molecular weight is 302 g/mol. The minimum Gasteiger partial charge on any atom is -0.465 e. The largest absolute Gasteiger partial charge is 0.465 e. The molecule has 0 spiro atoms. The quantitative estimate of drug-likeness (QED) is 0.421. The summed E-state index contributed by atoms with van der Waals surface area (Å²) < 4.78 is 15.4. The van der Waals surface area contributed by atoms with Gasteiger partial charge in [0, 0.05) is 40.5 Å². The van der Waals surface area contributed by atoms with Gasteiger partial charge in [0.05, 0.1) is 13.2 Å². The number of carbonyl (C=O) groups excluding carboxylic acids is 1. The number of esters is 1. The van der Waals surface area contributed by atoms with Crippen LogP contribution in [0.4, 0.5) is 0 Å². The topological polar surface area (TPSA) is 74.0 Å². The molecule has 1 atom stereocenters. The molecule has 1 fully saturated rings. The number of methoxy groups -OCH3 is 2. The van der Waals surface area contributed by atoms with E-state index in [1.807, 2.05) is 6.92 Å². The maximum atomic E-state index is 12.3. The predicted molar refractivity (Wildman–Crippen MR) is 81.1 cm³/mol. The Labute approximate surface area is 127 Å². The highest BCUT2D eigenvalue weighted by atomic mass is 16.5. The molecule has 1 aliphatic carbocycles. The molecule has 21 heavy (non-hydrogen) atoms. The molecule has 0 aromatic rings. The van der Waals surface area contributed by atoms with Gasteiger partial charge in [-0.2, -0.15) is 0 Å². The van der Waals surface area contributed by atoms with Gasteiger partial charge in [-0.05, 0) is 32.1 Å². The Morgan fingerprint density at radius 3 is 2.43 bits per heavy atom. The molecule has 6 nitrogen and oxygen atoms in total. The molecule has 1 saturated carbocycles. The number of nitrogens with two attached hydrogens (primary N) is 1. The summed E-state index contributed by atoms with van der Waals surface area (Å²) in [5.74, 6) is -0.0364. The molecular weight excluding hydrogens is 272 g/mol. The second kappa shape index (κ2) is 9.35. The molecule has 1 rings (SSSR count). The Hall–Kier alpha value is -0.690. The van der Waals surface area contributed by atoms with Crippen LogP contribution in [0, 0.1) is 5.92 Å². The summed E-state index contributed by atoms with van der Waals surface area (Å²) >= 11 is 0. The zero-order chi connectivity index (χ0) is 15.7. The van der Waals surface area contributed by atoms with Gasteiger partial charge in [0.25, 0.3) is 0 Å². The molecule has 0 saturated heterocycles. The van der Waals surface area contributed by atoms with Crippen molar-refractivity contribution in [3.63, 3.8) is 0 Å². The summed E-state index contributed by atoms with van der Waals surface area (Å²) in [7, 11) is 3.37. The maximum Gasteiger partial charge on any atom is 0.327 e. The molecule has 124 valence electrons. The molecule has 6 heteroatoms. The lowest BCUT2D eigenvalue weighted by molar-refractivity contribution is -0.151. The molecule has 2 N–H and O–H groups in total. The highest BCUT2D eigenvalue weighted by Gasteiger charge is 2.49. The van der Waals surface area contributed by atoms with Crippen molar-refractivity contribution in [1.82, 2.24) is 4.90 Å². The minimum atomic E-state index is -0.892. The van der Waals surface area contributed by atoms with E-state index in [2.05, 4.69) is 4.90 Å². The number of rotatable bonds is 12. The van der Waals surface area contributed by atoms with Gasteiger partial charge < -0.3 is 19.9 Å². The lowest BCUT2D eigenvalue weighted by atomic mass is 9.93. The molecule has 0 heterocycles. The van der Waals surface area contributed by atoms with E-state index in [9.17, 15) is 4.79 Å². The van der Waals surface area contributed by atoms with Crippen LogP contribution in [-0.2, 0) is 19.0 Å². The van der Waals surface area contributed by atoms with Gasteiger partial charge >= 0.3 is 5.97 Å². The van der Waals surface area contributed by atoms with E-state index in [1.165, 1.54) is 0 Å². The standard InChI is InChI=1S/C15H30N2O4/c1-4-21-14(18)15(16,13-6-7-13)12-17(9-11-20-3)8-5-10-19-2/h13H,4-12,16H2,1-3H3. The van der Waals surface area contributed by atoms with Gasteiger partial charge in [-0.3, -0.25) is 4.90 Å². The lowest BCUT2D eigenvalue weighted by Gasteiger charge is -2.33. The summed E-state index contributed by atoms with van der Waals surface area (Å²) in [6.07, 6.45) is 2.92. The lowest BCUT2D eigenvalue weighted by Crippen LogP contribution is -2.59. The fraction of sp³-hybridized carbons (Fsp3) is 0.933. The fourth-order valence-corrected chi connectivity index (χ4v) is 2.52. The van der Waals surface area contributed by atoms with Gasteiger partial charge in [0.2, 0.25) is 0 Å². The van der Waals surface area contributed by atoms with E-state index >= 15 is 0 Å². The van der Waals surface area contributed by atoms with E-state index in [1.54, 1.807) is 14.2 Å². The Balaban J connectivity index is 2.63. The average Bonchev–Trinajstić information content (AvgIpc) is 3.29. The number of hydrogen-bond donors (Lipinski definition) is 1. The first kappa shape index (κ1) is 18.4. The summed E-state index contributed by atoms with van der Waals surface area (Å²) in [4.78, 5) is 14.4.